The van der Waals surface area contributed by atoms with E-state index in [4.69, 9.17) is 16.0 Å². The molecule has 2 aromatic carbocycles. The van der Waals surface area contributed by atoms with Gasteiger partial charge in [0.25, 0.3) is 0 Å². The van der Waals surface area contributed by atoms with Crippen LogP contribution in [0.25, 0.3) is 33.6 Å². The Morgan fingerprint density at radius 2 is 2.09 bits per heavy atom. The first-order valence-electron chi connectivity index (χ1n) is 7.50. The fourth-order valence-corrected chi connectivity index (χ4v) is 2.83. The van der Waals surface area contributed by atoms with Crippen LogP contribution in [0.5, 0.6) is 0 Å². The van der Waals surface area contributed by atoms with E-state index in [1.807, 2.05) is 35.0 Å². The van der Waals surface area contributed by atoms with Gasteiger partial charge in [-0.1, -0.05) is 36.7 Å². The van der Waals surface area contributed by atoms with E-state index in [2.05, 4.69) is 29.1 Å². The number of oxazole rings is 1. The molecule has 23 heavy (non-hydrogen) atoms. The molecule has 0 atom stereocenters. The normalized spacial score (nSPS) is 11.8. The minimum Gasteiger partial charge on any atom is -0.436 e. The van der Waals surface area contributed by atoms with Gasteiger partial charge < -0.3 is 4.42 Å². The molecule has 2 heterocycles. The maximum absolute atomic E-state index is 6.16. The van der Waals surface area contributed by atoms with Crippen LogP contribution in [0.4, 0.5) is 0 Å². The van der Waals surface area contributed by atoms with Gasteiger partial charge in [0.15, 0.2) is 5.58 Å². The van der Waals surface area contributed by atoms with E-state index >= 15 is 0 Å². The van der Waals surface area contributed by atoms with E-state index in [-0.39, 0.29) is 0 Å². The second-order valence-electron chi connectivity index (χ2n) is 5.97. The zero-order valence-corrected chi connectivity index (χ0v) is 13.6. The van der Waals surface area contributed by atoms with Crippen molar-refractivity contribution in [2.45, 2.75) is 20.4 Å². The minimum atomic E-state index is 0.513. The minimum absolute atomic E-state index is 0.513. The van der Waals surface area contributed by atoms with Crippen LogP contribution in [0.2, 0.25) is 5.02 Å². The zero-order chi connectivity index (χ0) is 16.0. The van der Waals surface area contributed by atoms with Gasteiger partial charge in [-0.25, -0.2) is 9.67 Å². The predicted molar refractivity (Wildman–Crippen MR) is 90.4 cm³/mol. The van der Waals surface area contributed by atoms with Crippen LogP contribution in [-0.2, 0) is 6.54 Å². The van der Waals surface area contributed by atoms with E-state index in [0.29, 0.717) is 27.9 Å². The summed E-state index contributed by atoms with van der Waals surface area (Å²) in [4.78, 5) is 4.49. The third-order valence-corrected chi connectivity index (χ3v) is 3.97. The van der Waals surface area contributed by atoms with Gasteiger partial charge in [-0.2, -0.15) is 0 Å². The average molecular weight is 327 g/mol. The Kier molecular flexibility index (Phi) is 3.31. The Morgan fingerprint density at radius 1 is 1.22 bits per heavy atom. The quantitative estimate of drug-likeness (QED) is 0.554. The molecule has 116 valence electrons. The third-order valence-electron chi connectivity index (χ3n) is 3.67. The highest BCUT2D eigenvalue weighted by Crippen LogP contribution is 2.29. The van der Waals surface area contributed by atoms with Crippen molar-refractivity contribution in [3.8, 4) is 11.5 Å². The lowest BCUT2D eigenvalue weighted by Gasteiger charge is -2.04. The van der Waals surface area contributed by atoms with Crippen LogP contribution < -0.4 is 0 Å². The number of hydrogen-bond acceptors (Lipinski definition) is 4. The first-order chi connectivity index (χ1) is 11.1. The first-order valence-corrected chi connectivity index (χ1v) is 7.88. The molecule has 0 aliphatic heterocycles. The largest absolute Gasteiger partial charge is 0.436 e. The van der Waals surface area contributed by atoms with Crippen molar-refractivity contribution in [3.63, 3.8) is 0 Å². The molecule has 0 spiro atoms. The van der Waals surface area contributed by atoms with Crippen molar-refractivity contribution in [3.05, 3.63) is 41.4 Å². The SMILES string of the molecule is CC(C)Cn1nnc2cc(-c3nc4c(Cl)cccc4o3)ccc21. The molecule has 0 bridgehead atoms. The van der Waals surface area contributed by atoms with E-state index in [0.717, 1.165) is 23.1 Å². The number of fused-ring (bicyclic) bond motifs is 2. The van der Waals surface area contributed by atoms with Gasteiger partial charge >= 0.3 is 0 Å². The molecule has 0 aliphatic carbocycles. The van der Waals surface area contributed by atoms with Crippen LogP contribution in [0.15, 0.2) is 40.8 Å². The number of aromatic nitrogens is 4. The number of benzene rings is 2. The highest BCUT2D eigenvalue weighted by Gasteiger charge is 2.13. The van der Waals surface area contributed by atoms with Gasteiger partial charge in [0, 0.05) is 12.1 Å². The van der Waals surface area contributed by atoms with Crippen molar-refractivity contribution in [2.24, 2.45) is 5.92 Å². The average Bonchev–Trinajstić information content (AvgIpc) is 3.12. The summed E-state index contributed by atoms with van der Waals surface area (Å²) in [6.45, 7) is 5.15. The van der Waals surface area contributed by atoms with Crippen LogP contribution in [0, 0.1) is 5.92 Å². The molecule has 0 amide bonds. The summed E-state index contributed by atoms with van der Waals surface area (Å²) in [5.74, 6) is 1.05. The molecular weight excluding hydrogens is 312 g/mol. The summed E-state index contributed by atoms with van der Waals surface area (Å²) in [5, 5.41) is 9.05. The van der Waals surface area contributed by atoms with Crippen molar-refractivity contribution >= 4 is 33.7 Å². The van der Waals surface area contributed by atoms with Crippen LogP contribution in [0.1, 0.15) is 13.8 Å². The lowest BCUT2D eigenvalue weighted by molar-refractivity contribution is 0.483. The molecule has 5 nitrogen and oxygen atoms in total. The van der Waals surface area contributed by atoms with E-state index in [9.17, 15) is 0 Å². The summed E-state index contributed by atoms with van der Waals surface area (Å²) < 4.78 is 7.73. The van der Waals surface area contributed by atoms with E-state index < -0.39 is 0 Å². The Labute approximate surface area is 137 Å². The molecule has 0 N–H and O–H groups in total. The van der Waals surface area contributed by atoms with Gasteiger partial charge in [0.1, 0.15) is 11.0 Å². The molecule has 2 aromatic heterocycles. The Balaban J connectivity index is 1.80. The Morgan fingerprint density at radius 3 is 2.87 bits per heavy atom. The summed E-state index contributed by atoms with van der Waals surface area (Å²) in [5.41, 5.74) is 4.05. The van der Waals surface area contributed by atoms with Crippen molar-refractivity contribution < 1.29 is 4.42 Å². The van der Waals surface area contributed by atoms with E-state index in [1.54, 1.807) is 6.07 Å². The lowest BCUT2D eigenvalue weighted by atomic mass is 10.2. The monoisotopic (exact) mass is 326 g/mol. The second-order valence-corrected chi connectivity index (χ2v) is 6.38. The molecule has 4 aromatic rings. The molecular formula is C17H15ClN4O. The zero-order valence-electron chi connectivity index (χ0n) is 12.8. The predicted octanol–water partition coefficient (Wildman–Crippen LogP) is 4.55. The molecule has 0 fully saturated rings. The number of nitrogens with zero attached hydrogens (tertiary/aromatic N) is 4. The van der Waals surface area contributed by atoms with Crippen LogP contribution in [0.3, 0.4) is 0 Å². The summed E-state index contributed by atoms with van der Waals surface area (Å²) in [7, 11) is 0. The maximum atomic E-state index is 6.16. The third kappa shape index (κ3) is 2.47. The van der Waals surface area contributed by atoms with Crippen molar-refractivity contribution in [1.82, 2.24) is 20.0 Å². The van der Waals surface area contributed by atoms with Crippen molar-refractivity contribution in [1.29, 1.82) is 0 Å². The molecule has 0 saturated heterocycles. The topological polar surface area (TPSA) is 56.7 Å². The van der Waals surface area contributed by atoms with Crippen LogP contribution in [-0.4, -0.2) is 20.0 Å². The highest BCUT2D eigenvalue weighted by atomic mass is 35.5. The summed E-state index contributed by atoms with van der Waals surface area (Å²) in [6.07, 6.45) is 0. The summed E-state index contributed by atoms with van der Waals surface area (Å²) >= 11 is 6.16. The second kappa shape index (κ2) is 5.35. The molecule has 0 aliphatic rings. The Bertz CT molecular complexity index is 1000. The van der Waals surface area contributed by atoms with Crippen molar-refractivity contribution in [2.75, 3.05) is 0 Å². The fourth-order valence-electron chi connectivity index (χ4n) is 2.62. The molecule has 4 rings (SSSR count). The van der Waals surface area contributed by atoms with Gasteiger partial charge in [-0.05, 0) is 36.2 Å². The van der Waals surface area contributed by atoms with Gasteiger partial charge in [-0.15, -0.1) is 5.10 Å². The molecule has 0 unspecified atom stereocenters. The van der Waals surface area contributed by atoms with Crippen LogP contribution >= 0.6 is 11.6 Å². The lowest BCUT2D eigenvalue weighted by Crippen LogP contribution is -2.05. The fraction of sp³-hybridized carbons (Fsp3) is 0.235. The smallest absolute Gasteiger partial charge is 0.227 e. The van der Waals surface area contributed by atoms with Gasteiger partial charge in [0.05, 0.1) is 10.5 Å². The molecule has 0 saturated carbocycles. The number of halogens is 1. The maximum Gasteiger partial charge on any atom is 0.227 e. The highest BCUT2D eigenvalue weighted by molar-refractivity contribution is 6.34. The number of hydrogen-bond donors (Lipinski definition) is 0. The van der Waals surface area contributed by atoms with Gasteiger partial charge in [0.2, 0.25) is 5.89 Å². The summed E-state index contributed by atoms with van der Waals surface area (Å²) in [6, 6.07) is 11.4. The Hall–Kier alpha value is -2.40. The number of para-hydroxylation sites is 1. The number of rotatable bonds is 3. The van der Waals surface area contributed by atoms with E-state index in [1.165, 1.54) is 0 Å². The standard InChI is InChI=1S/C17H15ClN4O/c1-10(2)9-22-14-7-6-11(8-13(14)20-21-22)17-19-16-12(18)4-3-5-15(16)23-17/h3-8,10H,9H2,1-2H3. The molecule has 0 radical (unpaired) electrons. The van der Waals surface area contributed by atoms with Gasteiger partial charge in [-0.3, -0.25) is 0 Å². The molecule has 6 heteroatoms. The first kappa shape index (κ1) is 14.2.